The van der Waals surface area contributed by atoms with Gasteiger partial charge in [0, 0.05) is 11.7 Å². The van der Waals surface area contributed by atoms with E-state index >= 15 is 0 Å². The van der Waals surface area contributed by atoms with Gasteiger partial charge in [0.25, 0.3) is 5.91 Å². The van der Waals surface area contributed by atoms with E-state index in [9.17, 15) is 18.5 Å². The molecule has 2 aromatic carbocycles. The average Bonchev–Trinajstić information content (AvgIpc) is 3.48. The quantitative estimate of drug-likeness (QED) is 0.692. The fraction of sp³-hybridized carbons (Fsp3) is 0.333. The zero-order valence-corrected chi connectivity index (χ0v) is 17.1. The first-order chi connectivity index (χ1) is 13.7. The number of hydrogen-bond donors (Lipinski definition) is 2. The second-order valence-corrected chi connectivity index (χ2v) is 9.07. The Morgan fingerprint density at radius 2 is 1.76 bits per heavy atom. The van der Waals surface area contributed by atoms with Gasteiger partial charge in [-0.15, -0.1) is 0 Å². The molecule has 0 saturated heterocycles. The van der Waals surface area contributed by atoms with Crippen molar-refractivity contribution in [3.63, 3.8) is 0 Å². The molecule has 1 aliphatic rings. The molecule has 1 amide bonds. The summed E-state index contributed by atoms with van der Waals surface area (Å²) in [7, 11) is -3.56. The predicted octanol–water partition coefficient (Wildman–Crippen LogP) is 2.95. The number of nitriles is 1. The summed E-state index contributed by atoms with van der Waals surface area (Å²) in [5.74, 6) is 0.0565. The Morgan fingerprint density at radius 3 is 2.28 bits per heavy atom. The Labute approximate surface area is 170 Å². The summed E-state index contributed by atoms with van der Waals surface area (Å²) in [6.07, 6.45) is 1.74. The molecule has 0 radical (unpaired) electrons. The van der Waals surface area contributed by atoms with E-state index in [0.29, 0.717) is 11.4 Å². The summed E-state index contributed by atoms with van der Waals surface area (Å²) >= 11 is 0. The number of amides is 1. The molecule has 0 aliphatic heterocycles. The summed E-state index contributed by atoms with van der Waals surface area (Å²) < 4.78 is 32.1. The smallest absolute Gasteiger partial charge is 0.262 e. The molecule has 7 nitrogen and oxygen atoms in total. The molecule has 3 rings (SSSR count). The highest BCUT2D eigenvalue weighted by Crippen LogP contribution is 2.47. The number of anilines is 1. The van der Waals surface area contributed by atoms with Crippen LogP contribution in [0.5, 0.6) is 5.75 Å². The number of sulfonamides is 1. The van der Waals surface area contributed by atoms with Gasteiger partial charge in [-0.2, -0.15) is 5.26 Å². The predicted molar refractivity (Wildman–Crippen MR) is 109 cm³/mol. The molecular formula is C21H23N3O4S. The lowest BCUT2D eigenvalue weighted by Crippen LogP contribution is -2.30. The topological polar surface area (TPSA) is 108 Å². The minimum Gasteiger partial charge on any atom is -0.484 e. The SMILES string of the molecule is CC(C)NS(=O)(=O)c1ccc(OCC(=O)Nc2ccc(C3(C#N)CC3)cc2)cc1. The number of rotatable bonds is 8. The number of nitrogens with zero attached hydrogens (tertiary/aromatic N) is 1. The first-order valence-corrected chi connectivity index (χ1v) is 10.8. The lowest BCUT2D eigenvalue weighted by atomic mass is 9.98. The van der Waals surface area contributed by atoms with Crippen molar-refractivity contribution in [3.05, 3.63) is 54.1 Å². The molecule has 152 valence electrons. The number of nitrogens with one attached hydrogen (secondary N) is 2. The molecule has 2 N–H and O–H groups in total. The van der Waals surface area contributed by atoms with Gasteiger partial charge in [0.15, 0.2) is 6.61 Å². The summed E-state index contributed by atoms with van der Waals surface area (Å²) in [5, 5.41) is 12.0. The van der Waals surface area contributed by atoms with Crippen LogP contribution >= 0.6 is 0 Å². The van der Waals surface area contributed by atoms with E-state index < -0.39 is 10.0 Å². The van der Waals surface area contributed by atoms with Crippen LogP contribution in [-0.2, 0) is 20.2 Å². The van der Waals surface area contributed by atoms with E-state index in [1.807, 2.05) is 12.1 Å². The van der Waals surface area contributed by atoms with Crippen molar-refractivity contribution in [2.45, 2.75) is 43.0 Å². The number of ether oxygens (including phenoxy) is 1. The maximum atomic E-state index is 12.1. The Bertz CT molecular complexity index is 1020. The van der Waals surface area contributed by atoms with Crippen LogP contribution in [0.1, 0.15) is 32.3 Å². The highest BCUT2D eigenvalue weighted by Gasteiger charge is 2.44. The van der Waals surface area contributed by atoms with Crippen LogP contribution in [0.15, 0.2) is 53.4 Å². The normalized spacial score (nSPS) is 14.8. The maximum absolute atomic E-state index is 12.1. The highest BCUT2D eigenvalue weighted by atomic mass is 32.2. The van der Waals surface area contributed by atoms with Crippen molar-refractivity contribution in [1.82, 2.24) is 4.72 Å². The zero-order valence-electron chi connectivity index (χ0n) is 16.3. The van der Waals surface area contributed by atoms with Gasteiger partial charge in [-0.1, -0.05) is 12.1 Å². The molecular weight excluding hydrogens is 390 g/mol. The van der Waals surface area contributed by atoms with Gasteiger partial charge >= 0.3 is 0 Å². The molecule has 0 unspecified atom stereocenters. The van der Waals surface area contributed by atoms with Gasteiger partial charge in [-0.25, -0.2) is 13.1 Å². The van der Waals surface area contributed by atoms with E-state index in [2.05, 4.69) is 16.1 Å². The molecule has 1 saturated carbocycles. The van der Waals surface area contributed by atoms with Gasteiger partial charge in [0.05, 0.1) is 16.4 Å². The number of benzene rings is 2. The Morgan fingerprint density at radius 1 is 1.14 bits per heavy atom. The van der Waals surface area contributed by atoms with Crippen LogP contribution in [0.3, 0.4) is 0 Å². The van der Waals surface area contributed by atoms with Crippen LogP contribution < -0.4 is 14.8 Å². The van der Waals surface area contributed by atoms with Crippen LogP contribution in [0.2, 0.25) is 0 Å². The average molecular weight is 413 g/mol. The Kier molecular flexibility index (Phi) is 5.91. The van der Waals surface area contributed by atoms with E-state index in [0.717, 1.165) is 18.4 Å². The highest BCUT2D eigenvalue weighted by molar-refractivity contribution is 7.89. The maximum Gasteiger partial charge on any atom is 0.262 e. The molecule has 2 aromatic rings. The largest absolute Gasteiger partial charge is 0.484 e. The number of hydrogen-bond acceptors (Lipinski definition) is 5. The third kappa shape index (κ3) is 5.13. The number of carbonyl (C=O) groups is 1. The summed E-state index contributed by atoms with van der Waals surface area (Å²) in [6.45, 7) is 3.28. The summed E-state index contributed by atoms with van der Waals surface area (Å²) in [4.78, 5) is 12.2. The monoisotopic (exact) mass is 413 g/mol. The number of carbonyl (C=O) groups excluding carboxylic acids is 1. The first kappa shape index (κ1) is 20.8. The van der Waals surface area contributed by atoms with Crippen molar-refractivity contribution in [2.75, 3.05) is 11.9 Å². The molecule has 8 heteroatoms. The minimum absolute atomic E-state index is 0.133. The van der Waals surface area contributed by atoms with E-state index in [4.69, 9.17) is 4.74 Å². The molecule has 0 atom stereocenters. The second kappa shape index (κ2) is 8.23. The molecule has 0 bridgehead atoms. The van der Waals surface area contributed by atoms with E-state index in [1.54, 1.807) is 26.0 Å². The lowest BCUT2D eigenvalue weighted by Gasteiger charge is -2.11. The summed E-state index contributed by atoms with van der Waals surface area (Å²) in [5.41, 5.74) is 1.24. The van der Waals surface area contributed by atoms with Crippen molar-refractivity contribution < 1.29 is 17.9 Å². The third-order valence-corrected chi connectivity index (χ3v) is 6.25. The standard InChI is InChI=1S/C21H23N3O4S/c1-15(2)24-29(26,27)19-9-7-18(8-10-19)28-13-20(25)23-17-5-3-16(4-6-17)21(14-22)11-12-21/h3-10,15,24H,11-13H2,1-2H3,(H,23,25). The minimum atomic E-state index is -3.56. The Hall–Kier alpha value is -2.89. The van der Waals surface area contributed by atoms with E-state index in [1.165, 1.54) is 24.3 Å². The van der Waals surface area contributed by atoms with Gasteiger partial charge in [0.1, 0.15) is 5.75 Å². The van der Waals surface area contributed by atoms with Gasteiger partial charge in [0.2, 0.25) is 10.0 Å². The first-order valence-electron chi connectivity index (χ1n) is 9.31. The van der Waals surface area contributed by atoms with Gasteiger partial charge in [-0.3, -0.25) is 4.79 Å². The van der Waals surface area contributed by atoms with Gasteiger partial charge in [-0.05, 0) is 68.7 Å². The fourth-order valence-electron chi connectivity index (χ4n) is 2.90. The molecule has 0 spiro atoms. The fourth-order valence-corrected chi connectivity index (χ4v) is 4.15. The lowest BCUT2D eigenvalue weighted by molar-refractivity contribution is -0.118. The van der Waals surface area contributed by atoms with Crippen LogP contribution in [0.4, 0.5) is 5.69 Å². The summed E-state index contributed by atoms with van der Waals surface area (Å²) in [6, 6.07) is 15.3. The second-order valence-electron chi connectivity index (χ2n) is 7.36. The molecule has 29 heavy (non-hydrogen) atoms. The molecule has 0 heterocycles. The van der Waals surface area contributed by atoms with Crippen LogP contribution in [-0.4, -0.2) is 27.0 Å². The van der Waals surface area contributed by atoms with Crippen molar-refractivity contribution in [1.29, 1.82) is 5.26 Å². The van der Waals surface area contributed by atoms with Crippen molar-refractivity contribution >= 4 is 21.6 Å². The molecule has 1 fully saturated rings. The van der Waals surface area contributed by atoms with Gasteiger partial charge < -0.3 is 10.1 Å². The zero-order chi connectivity index (χ0) is 21.1. The van der Waals surface area contributed by atoms with E-state index in [-0.39, 0.29) is 28.9 Å². The van der Waals surface area contributed by atoms with Crippen LogP contribution in [0.25, 0.3) is 0 Å². The van der Waals surface area contributed by atoms with Crippen molar-refractivity contribution in [3.8, 4) is 11.8 Å². The molecule has 1 aliphatic carbocycles. The third-order valence-electron chi connectivity index (χ3n) is 4.58. The molecule has 0 aromatic heterocycles. The van der Waals surface area contributed by atoms with Crippen molar-refractivity contribution in [2.24, 2.45) is 0 Å². The Balaban J connectivity index is 1.52. The van der Waals surface area contributed by atoms with Crippen LogP contribution in [0, 0.1) is 11.3 Å².